The summed E-state index contributed by atoms with van der Waals surface area (Å²) >= 11 is 0. The molecule has 1 amide bonds. The molecule has 5 rings (SSSR count). The van der Waals surface area contributed by atoms with Crippen LogP contribution in [0.4, 0.5) is 13.2 Å². The Labute approximate surface area is 202 Å². The van der Waals surface area contributed by atoms with Crippen LogP contribution in [-0.2, 0) is 12.7 Å². The van der Waals surface area contributed by atoms with E-state index in [9.17, 15) is 22.8 Å². The molecule has 2 heterocycles. The van der Waals surface area contributed by atoms with Gasteiger partial charge < -0.3 is 5.32 Å². The number of rotatable bonds is 5. The van der Waals surface area contributed by atoms with Crippen molar-refractivity contribution >= 4 is 16.9 Å². The number of carbonyl (C=O) groups is 1. The summed E-state index contributed by atoms with van der Waals surface area (Å²) in [6.45, 7) is 0.121. The number of halogens is 3. The molecule has 0 bridgehead atoms. The molecular weight excluding hydrogens is 471 g/mol. The highest BCUT2D eigenvalue weighted by Gasteiger charge is 2.31. The number of carbonyl (C=O) groups excluding carboxylic acids is 1. The highest BCUT2D eigenvalue weighted by atomic mass is 19.4. The first-order valence-corrected chi connectivity index (χ1v) is 10.9. The minimum absolute atomic E-state index is 0.0170. The fourth-order valence-electron chi connectivity index (χ4n) is 3.81. The number of hydrogen-bond acceptors (Lipinski definition) is 4. The molecule has 0 unspecified atom stereocenters. The smallest absolute Gasteiger partial charge is 0.346 e. The second kappa shape index (κ2) is 9.14. The van der Waals surface area contributed by atoms with Crippen LogP contribution in [0.15, 0.2) is 96.1 Å². The summed E-state index contributed by atoms with van der Waals surface area (Å²) in [5.74, 6) is -0.734. The van der Waals surface area contributed by atoms with Crippen molar-refractivity contribution < 1.29 is 18.0 Å². The van der Waals surface area contributed by atoms with Crippen molar-refractivity contribution in [3.8, 4) is 11.4 Å². The zero-order chi connectivity index (χ0) is 25.3. The van der Waals surface area contributed by atoms with E-state index in [0.717, 1.165) is 28.0 Å². The normalized spacial score (nSPS) is 11.5. The summed E-state index contributed by atoms with van der Waals surface area (Å²) in [5.41, 5.74) is 0.0391. The summed E-state index contributed by atoms with van der Waals surface area (Å²) in [4.78, 5) is 30.5. The second-order valence-electron chi connectivity index (χ2n) is 7.94. The molecule has 0 saturated carbocycles. The van der Waals surface area contributed by atoms with Gasteiger partial charge in [-0.3, -0.25) is 14.2 Å². The van der Waals surface area contributed by atoms with Crippen LogP contribution in [0, 0.1) is 0 Å². The number of alkyl halides is 3. The molecule has 10 heteroatoms. The molecule has 0 atom stereocenters. The molecule has 3 aromatic carbocycles. The summed E-state index contributed by atoms with van der Waals surface area (Å²) in [7, 11) is 0. The third-order valence-corrected chi connectivity index (χ3v) is 5.57. The SMILES string of the molecule is O=C(NCc1ccc(-n2cccn2)cc1)c1nc2ccccc2n(-c2cccc(C(F)(F)F)c2)c1=O. The number of amides is 1. The number of aromatic nitrogens is 4. The van der Waals surface area contributed by atoms with E-state index < -0.39 is 28.9 Å². The van der Waals surface area contributed by atoms with Crippen LogP contribution in [0.5, 0.6) is 0 Å². The fourth-order valence-corrected chi connectivity index (χ4v) is 3.81. The molecule has 0 aliphatic heterocycles. The molecule has 0 fully saturated rings. The van der Waals surface area contributed by atoms with Gasteiger partial charge in [-0.2, -0.15) is 18.3 Å². The second-order valence-corrected chi connectivity index (χ2v) is 7.94. The number of nitrogens with zero attached hydrogens (tertiary/aromatic N) is 4. The maximum Gasteiger partial charge on any atom is 0.416 e. The van der Waals surface area contributed by atoms with Gasteiger partial charge in [0.1, 0.15) is 0 Å². The van der Waals surface area contributed by atoms with Crippen molar-refractivity contribution in [1.82, 2.24) is 24.6 Å². The number of fused-ring (bicyclic) bond motifs is 1. The minimum atomic E-state index is -4.59. The lowest BCUT2D eigenvalue weighted by Gasteiger charge is -2.14. The standard InChI is InChI=1S/C26H18F3N5O2/c27-26(28,29)18-5-3-6-20(15-18)34-22-8-2-1-7-21(22)32-23(25(34)36)24(35)30-16-17-9-11-19(12-10-17)33-14-4-13-31-33/h1-15H,16H2,(H,30,35). The lowest BCUT2D eigenvalue weighted by Crippen LogP contribution is -2.34. The van der Waals surface area contributed by atoms with Gasteiger partial charge in [0.05, 0.1) is 22.3 Å². The van der Waals surface area contributed by atoms with Crippen LogP contribution < -0.4 is 10.9 Å². The zero-order valence-electron chi connectivity index (χ0n) is 18.6. The Bertz CT molecular complexity index is 1610. The predicted molar refractivity (Wildman–Crippen MR) is 127 cm³/mol. The van der Waals surface area contributed by atoms with Crippen molar-refractivity contribution in [2.45, 2.75) is 12.7 Å². The summed E-state index contributed by atoms with van der Waals surface area (Å²) in [6.07, 6.45) is -1.12. The first kappa shape index (κ1) is 23.0. The quantitative estimate of drug-likeness (QED) is 0.394. The molecule has 7 nitrogen and oxygen atoms in total. The molecule has 0 radical (unpaired) electrons. The number of nitrogens with one attached hydrogen (secondary N) is 1. The van der Waals surface area contributed by atoms with Crippen LogP contribution in [0.25, 0.3) is 22.4 Å². The largest absolute Gasteiger partial charge is 0.416 e. The maximum atomic E-state index is 13.3. The Morgan fingerprint density at radius 1 is 0.917 bits per heavy atom. The van der Waals surface area contributed by atoms with Crippen molar-refractivity contribution in [2.24, 2.45) is 0 Å². The van der Waals surface area contributed by atoms with Gasteiger partial charge in [-0.25, -0.2) is 9.67 Å². The van der Waals surface area contributed by atoms with Crippen LogP contribution in [0.2, 0.25) is 0 Å². The predicted octanol–water partition coefficient (Wildman–Crippen LogP) is 4.52. The van der Waals surface area contributed by atoms with Gasteiger partial charge in [0.2, 0.25) is 0 Å². The molecular formula is C26H18F3N5O2. The monoisotopic (exact) mass is 489 g/mol. The Balaban J connectivity index is 1.47. The van der Waals surface area contributed by atoms with E-state index in [0.29, 0.717) is 5.52 Å². The topological polar surface area (TPSA) is 81.8 Å². The van der Waals surface area contributed by atoms with Crippen LogP contribution in [0.3, 0.4) is 0 Å². The molecule has 1 N–H and O–H groups in total. The minimum Gasteiger partial charge on any atom is -0.346 e. The van der Waals surface area contributed by atoms with Gasteiger partial charge >= 0.3 is 6.18 Å². The molecule has 2 aromatic heterocycles. The fraction of sp³-hybridized carbons (Fsp3) is 0.0769. The van der Waals surface area contributed by atoms with E-state index in [-0.39, 0.29) is 17.7 Å². The van der Waals surface area contributed by atoms with E-state index in [1.807, 2.05) is 24.3 Å². The van der Waals surface area contributed by atoms with Gasteiger partial charge in [-0.15, -0.1) is 0 Å². The molecule has 180 valence electrons. The van der Waals surface area contributed by atoms with Gasteiger partial charge in [0.25, 0.3) is 11.5 Å². The molecule has 0 aliphatic carbocycles. The number of hydrogen-bond donors (Lipinski definition) is 1. The summed E-state index contributed by atoms with van der Waals surface area (Å²) in [6, 6.07) is 19.9. The van der Waals surface area contributed by atoms with Crippen LogP contribution in [0.1, 0.15) is 21.6 Å². The molecule has 5 aromatic rings. The summed E-state index contributed by atoms with van der Waals surface area (Å²) in [5, 5.41) is 6.83. The van der Waals surface area contributed by atoms with Crippen molar-refractivity contribution in [1.29, 1.82) is 0 Å². The van der Waals surface area contributed by atoms with E-state index in [4.69, 9.17) is 0 Å². The van der Waals surface area contributed by atoms with Gasteiger partial charge in [0.15, 0.2) is 5.69 Å². The van der Waals surface area contributed by atoms with Gasteiger partial charge in [-0.1, -0.05) is 30.3 Å². The average Bonchev–Trinajstić information content (AvgIpc) is 3.42. The lowest BCUT2D eigenvalue weighted by atomic mass is 10.1. The Morgan fingerprint density at radius 3 is 2.42 bits per heavy atom. The van der Waals surface area contributed by atoms with Crippen LogP contribution in [-0.4, -0.2) is 25.2 Å². The zero-order valence-corrected chi connectivity index (χ0v) is 18.6. The molecule has 0 spiro atoms. The van der Waals surface area contributed by atoms with E-state index in [2.05, 4.69) is 15.4 Å². The first-order chi connectivity index (χ1) is 17.3. The Morgan fingerprint density at radius 2 is 1.69 bits per heavy atom. The Kier molecular flexibility index (Phi) is 5.85. The lowest BCUT2D eigenvalue weighted by molar-refractivity contribution is -0.137. The average molecular weight is 489 g/mol. The van der Waals surface area contributed by atoms with Crippen molar-refractivity contribution in [3.05, 3.63) is 118 Å². The number of benzene rings is 3. The molecule has 36 heavy (non-hydrogen) atoms. The highest BCUT2D eigenvalue weighted by molar-refractivity contribution is 5.94. The van der Waals surface area contributed by atoms with Crippen LogP contribution >= 0.6 is 0 Å². The summed E-state index contributed by atoms with van der Waals surface area (Å²) < 4.78 is 42.7. The first-order valence-electron chi connectivity index (χ1n) is 10.9. The third kappa shape index (κ3) is 4.48. The molecule has 0 aliphatic rings. The van der Waals surface area contributed by atoms with Gasteiger partial charge in [-0.05, 0) is 54.1 Å². The third-order valence-electron chi connectivity index (χ3n) is 5.57. The van der Waals surface area contributed by atoms with E-state index in [1.165, 1.54) is 12.1 Å². The molecule has 0 saturated heterocycles. The van der Waals surface area contributed by atoms with Crippen molar-refractivity contribution in [3.63, 3.8) is 0 Å². The van der Waals surface area contributed by atoms with Crippen molar-refractivity contribution in [2.75, 3.05) is 0 Å². The maximum absolute atomic E-state index is 13.3. The van der Waals surface area contributed by atoms with E-state index in [1.54, 1.807) is 47.4 Å². The highest BCUT2D eigenvalue weighted by Crippen LogP contribution is 2.30. The van der Waals surface area contributed by atoms with E-state index >= 15 is 0 Å². The number of para-hydroxylation sites is 2. The van der Waals surface area contributed by atoms with Gasteiger partial charge in [0, 0.05) is 24.6 Å². The Hall–Kier alpha value is -4.73.